The molecule has 4 aliphatic carbocycles. The SMILES string of the molecule is [C-]#[N+]/C(C)=C1/CC[C@H]2[C@@H]3CC[C@@H]4C[C@](C)(O)CC[C@]4(C)[C@H]3[C@@H](CO)C[C@]12C. The van der Waals surface area contributed by atoms with Crippen molar-refractivity contribution in [3.63, 3.8) is 0 Å². The smallest absolute Gasteiger partial charge is 0.162 e. The van der Waals surface area contributed by atoms with Crippen LogP contribution in [0.1, 0.15) is 79.1 Å². The maximum atomic E-state index is 10.7. The number of hydrogen-bond donors (Lipinski definition) is 2. The van der Waals surface area contributed by atoms with Gasteiger partial charge in [0.1, 0.15) is 0 Å². The van der Waals surface area contributed by atoms with Crippen molar-refractivity contribution in [1.82, 2.24) is 0 Å². The molecular formula is C24H37NO2. The average molecular weight is 372 g/mol. The number of aliphatic hydroxyl groups is 2. The number of fused-ring (bicyclic) bond motifs is 5. The summed E-state index contributed by atoms with van der Waals surface area (Å²) in [4.78, 5) is 3.80. The van der Waals surface area contributed by atoms with E-state index in [1.807, 2.05) is 13.8 Å². The molecule has 0 aromatic rings. The lowest BCUT2D eigenvalue weighted by molar-refractivity contribution is -0.166. The summed E-state index contributed by atoms with van der Waals surface area (Å²) < 4.78 is 0. The van der Waals surface area contributed by atoms with Crippen LogP contribution >= 0.6 is 0 Å². The fourth-order valence-electron chi connectivity index (χ4n) is 8.48. The number of nitrogens with zero attached hydrogens (tertiary/aromatic N) is 1. The second kappa shape index (κ2) is 6.33. The van der Waals surface area contributed by atoms with Gasteiger partial charge in [-0.1, -0.05) is 19.4 Å². The van der Waals surface area contributed by atoms with Gasteiger partial charge in [0.05, 0.1) is 12.2 Å². The van der Waals surface area contributed by atoms with Crippen molar-refractivity contribution >= 4 is 0 Å². The maximum Gasteiger partial charge on any atom is 0.162 e. The summed E-state index contributed by atoms with van der Waals surface area (Å²) in [5, 5.41) is 21.1. The van der Waals surface area contributed by atoms with Crippen LogP contribution in [0.5, 0.6) is 0 Å². The van der Waals surface area contributed by atoms with Gasteiger partial charge in [-0.15, -0.1) is 0 Å². The van der Waals surface area contributed by atoms with E-state index >= 15 is 0 Å². The Morgan fingerprint density at radius 1 is 1.15 bits per heavy atom. The van der Waals surface area contributed by atoms with Crippen molar-refractivity contribution in [3.05, 3.63) is 22.7 Å². The van der Waals surface area contributed by atoms with Gasteiger partial charge in [0.15, 0.2) is 5.70 Å². The molecule has 27 heavy (non-hydrogen) atoms. The molecule has 0 saturated heterocycles. The first-order valence-corrected chi connectivity index (χ1v) is 11.1. The van der Waals surface area contributed by atoms with Gasteiger partial charge in [0.2, 0.25) is 0 Å². The Bertz CT molecular complexity index is 689. The van der Waals surface area contributed by atoms with Crippen LogP contribution in [0.3, 0.4) is 0 Å². The Labute approximate surface area is 165 Å². The van der Waals surface area contributed by atoms with Crippen LogP contribution in [-0.4, -0.2) is 22.4 Å². The lowest BCUT2D eigenvalue weighted by atomic mass is 9.42. The molecule has 0 aromatic heterocycles. The van der Waals surface area contributed by atoms with Crippen molar-refractivity contribution < 1.29 is 10.2 Å². The molecule has 0 spiro atoms. The summed E-state index contributed by atoms with van der Waals surface area (Å²) in [5.74, 6) is 2.82. The first-order chi connectivity index (χ1) is 12.7. The van der Waals surface area contributed by atoms with Crippen molar-refractivity contribution in [3.8, 4) is 0 Å². The van der Waals surface area contributed by atoms with Crippen LogP contribution in [0.15, 0.2) is 11.3 Å². The molecule has 0 amide bonds. The van der Waals surface area contributed by atoms with Gasteiger partial charge in [0, 0.05) is 6.61 Å². The van der Waals surface area contributed by atoms with Gasteiger partial charge in [-0.25, -0.2) is 4.85 Å². The molecule has 0 heterocycles. The lowest BCUT2D eigenvalue weighted by Gasteiger charge is -2.63. The fourth-order valence-corrected chi connectivity index (χ4v) is 8.48. The largest absolute Gasteiger partial charge is 0.396 e. The maximum absolute atomic E-state index is 10.7. The lowest BCUT2D eigenvalue weighted by Crippen LogP contribution is -2.58. The highest BCUT2D eigenvalue weighted by atomic mass is 16.3. The molecule has 4 fully saturated rings. The normalized spacial score (nSPS) is 53.7. The Hall–Kier alpha value is -0.850. The summed E-state index contributed by atoms with van der Waals surface area (Å²) in [6, 6.07) is 0. The third-order valence-corrected chi connectivity index (χ3v) is 9.66. The van der Waals surface area contributed by atoms with Crippen molar-refractivity contribution in [1.29, 1.82) is 0 Å². The van der Waals surface area contributed by atoms with E-state index in [4.69, 9.17) is 6.57 Å². The highest BCUT2D eigenvalue weighted by molar-refractivity contribution is 5.31. The topological polar surface area (TPSA) is 44.8 Å². The monoisotopic (exact) mass is 371 g/mol. The molecule has 4 aliphatic rings. The second-order valence-electron chi connectivity index (χ2n) is 11.1. The molecule has 0 bridgehead atoms. The van der Waals surface area contributed by atoms with Gasteiger partial charge in [-0.2, -0.15) is 0 Å². The van der Waals surface area contributed by atoms with E-state index in [0.29, 0.717) is 29.6 Å². The van der Waals surface area contributed by atoms with E-state index in [1.54, 1.807) is 0 Å². The van der Waals surface area contributed by atoms with Crippen molar-refractivity contribution in [2.24, 2.45) is 40.4 Å². The van der Waals surface area contributed by atoms with Crippen LogP contribution in [-0.2, 0) is 0 Å². The van der Waals surface area contributed by atoms with Crippen LogP contribution in [0, 0.1) is 47.0 Å². The summed E-state index contributed by atoms with van der Waals surface area (Å²) >= 11 is 0. The molecule has 0 radical (unpaired) electrons. The van der Waals surface area contributed by atoms with E-state index in [2.05, 4.69) is 18.7 Å². The molecule has 4 rings (SSSR count). The van der Waals surface area contributed by atoms with Crippen molar-refractivity contribution in [2.75, 3.05) is 6.61 Å². The molecule has 0 unspecified atom stereocenters. The van der Waals surface area contributed by atoms with E-state index in [1.165, 1.54) is 24.8 Å². The summed E-state index contributed by atoms with van der Waals surface area (Å²) in [6.45, 7) is 16.7. The number of allylic oxidation sites excluding steroid dienone is 2. The predicted molar refractivity (Wildman–Crippen MR) is 108 cm³/mol. The van der Waals surface area contributed by atoms with Crippen LogP contribution in [0.4, 0.5) is 0 Å². The standard InChI is InChI=1S/C24H37NO2/c1-15(25-5)19-8-9-20-18-7-6-17-13-22(2,27)10-11-23(17,3)21(18)16(14-26)12-24(19,20)4/h16-18,20-21,26-27H,6-14H2,1-4H3/b19-15-/t16-,17-,18+,20+,21+,22-,23+,24-/m1/s1. The van der Waals surface area contributed by atoms with E-state index < -0.39 is 5.60 Å². The fraction of sp³-hybridized carbons (Fsp3) is 0.875. The number of hydrogen-bond acceptors (Lipinski definition) is 2. The zero-order valence-corrected chi connectivity index (χ0v) is 17.6. The summed E-state index contributed by atoms with van der Waals surface area (Å²) in [6.07, 6.45) is 8.70. The molecular weight excluding hydrogens is 334 g/mol. The molecule has 0 aromatic carbocycles. The Kier molecular flexibility index (Phi) is 4.56. The van der Waals surface area contributed by atoms with Crippen LogP contribution < -0.4 is 0 Å². The first kappa shape index (κ1) is 19.5. The van der Waals surface area contributed by atoms with Crippen molar-refractivity contribution in [2.45, 2.75) is 84.7 Å². The van der Waals surface area contributed by atoms with E-state index in [0.717, 1.165) is 37.8 Å². The van der Waals surface area contributed by atoms with Gasteiger partial charge >= 0.3 is 0 Å². The van der Waals surface area contributed by atoms with Gasteiger partial charge in [0.25, 0.3) is 0 Å². The van der Waals surface area contributed by atoms with Crippen LogP contribution in [0.25, 0.3) is 4.85 Å². The number of rotatable bonds is 1. The molecule has 8 atom stereocenters. The van der Waals surface area contributed by atoms with E-state index in [9.17, 15) is 10.2 Å². The third kappa shape index (κ3) is 2.74. The minimum atomic E-state index is -0.509. The van der Waals surface area contributed by atoms with Gasteiger partial charge < -0.3 is 10.2 Å². The predicted octanol–water partition coefficient (Wildman–Crippen LogP) is 5.19. The van der Waals surface area contributed by atoms with E-state index in [-0.39, 0.29) is 17.4 Å². The molecule has 3 heteroatoms. The average Bonchev–Trinajstić information content (AvgIpc) is 2.97. The zero-order chi connectivity index (χ0) is 19.6. The second-order valence-corrected chi connectivity index (χ2v) is 11.1. The summed E-state index contributed by atoms with van der Waals surface area (Å²) in [7, 11) is 0. The van der Waals surface area contributed by atoms with Crippen LogP contribution in [0.2, 0.25) is 0 Å². The molecule has 2 N–H and O–H groups in total. The first-order valence-electron chi connectivity index (χ1n) is 11.1. The van der Waals surface area contributed by atoms with Gasteiger partial charge in [-0.05, 0) is 106 Å². The Morgan fingerprint density at radius 3 is 2.56 bits per heavy atom. The highest BCUT2D eigenvalue weighted by Crippen LogP contribution is 2.69. The highest BCUT2D eigenvalue weighted by Gasteiger charge is 2.62. The summed E-state index contributed by atoms with van der Waals surface area (Å²) in [5.41, 5.74) is 2.14. The third-order valence-electron chi connectivity index (χ3n) is 9.66. The van der Waals surface area contributed by atoms with Gasteiger partial charge in [-0.3, -0.25) is 0 Å². The minimum Gasteiger partial charge on any atom is -0.396 e. The Morgan fingerprint density at radius 2 is 1.89 bits per heavy atom. The minimum absolute atomic E-state index is 0.104. The molecule has 0 aliphatic heterocycles. The number of aliphatic hydroxyl groups excluding tert-OH is 1. The zero-order valence-electron chi connectivity index (χ0n) is 17.6. The quantitative estimate of drug-likeness (QED) is 0.623. The Balaban J connectivity index is 1.72. The molecule has 3 nitrogen and oxygen atoms in total. The molecule has 4 saturated carbocycles. The molecule has 150 valence electrons.